The van der Waals surface area contributed by atoms with E-state index < -0.39 is 0 Å². The fraction of sp³-hybridized carbons (Fsp3) is 0.474. The highest BCUT2D eigenvalue weighted by Gasteiger charge is 2.29. The Kier molecular flexibility index (Phi) is 5.30. The summed E-state index contributed by atoms with van der Waals surface area (Å²) in [4.78, 5) is 16.9. The third-order valence-corrected chi connectivity index (χ3v) is 4.89. The van der Waals surface area contributed by atoms with Gasteiger partial charge in [-0.1, -0.05) is 30.3 Å². The summed E-state index contributed by atoms with van der Waals surface area (Å²) in [7, 11) is 2.06. The summed E-state index contributed by atoms with van der Waals surface area (Å²) in [6.45, 7) is 1.06. The molecule has 1 aromatic carbocycles. The molecule has 3 N–H and O–H groups in total. The number of nitrogens with zero attached hydrogens (tertiary/aromatic N) is 2. The molecule has 1 aliphatic carbocycles. The number of nitrogens with two attached hydrogens (primary N) is 1. The number of imidazole rings is 1. The summed E-state index contributed by atoms with van der Waals surface area (Å²) in [5.74, 6) is 1.85. The Morgan fingerprint density at radius 2 is 1.96 bits per heavy atom. The van der Waals surface area contributed by atoms with Crippen molar-refractivity contribution in [2.45, 2.75) is 31.6 Å². The zero-order chi connectivity index (χ0) is 16.9. The molecule has 1 amide bonds. The highest BCUT2D eigenvalue weighted by atomic mass is 16.1. The van der Waals surface area contributed by atoms with E-state index >= 15 is 0 Å². The quantitative estimate of drug-likeness (QED) is 0.886. The van der Waals surface area contributed by atoms with Crippen LogP contribution in [-0.2, 0) is 11.8 Å². The number of rotatable bonds is 5. The fourth-order valence-electron chi connectivity index (χ4n) is 3.56. The SMILES string of the molecule is Cn1cc(-c2ccccc2)nc1C1CCC(C(=O)NCCN)CC1. The number of carbonyl (C=O) groups is 1. The molecule has 0 bridgehead atoms. The van der Waals surface area contributed by atoms with E-state index in [4.69, 9.17) is 10.7 Å². The maximum absolute atomic E-state index is 12.1. The minimum absolute atomic E-state index is 0.127. The molecule has 1 aromatic heterocycles. The molecule has 5 nitrogen and oxygen atoms in total. The van der Waals surface area contributed by atoms with Crippen LogP contribution in [0.3, 0.4) is 0 Å². The van der Waals surface area contributed by atoms with Gasteiger partial charge in [-0.25, -0.2) is 4.98 Å². The van der Waals surface area contributed by atoms with Crippen LogP contribution in [0.15, 0.2) is 36.5 Å². The molecule has 2 aromatic rings. The molecule has 0 unspecified atom stereocenters. The second kappa shape index (κ2) is 7.62. The van der Waals surface area contributed by atoms with Gasteiger partial charge in [-0.05, 0) is 25.7 Å². The summed E-state index contributed by atoms with van der Waals surface area (Å²) >= 11 is 0. The molecule has 3 rings (SSSR count). The van der Waals surface area contributed by atoms with Crippen molar-refractivity contribution in [3.63, 3.8) is 0 Å². The molecule has 1 saturated carbocycles. The summed E-state index contributed by atoms with van der Waals surface area (Å²) < 4.78 is 2.14. The topological polar surface area (TPSA) is 72.9 Å². The van der Waals surface area contributed by atoms with Crippen molar-refractivity contribution in [1.29, 1.82) is 0 Å². The van der Waals surface area contributed by atoms with Gasteiger partial charge in [0, 0.05) is 43.7 Å². The number of hydrogen-bond acceptors (Lipinski definition) is 3. The Morgan fingerprint density at radius 3 is 2.62 bits per heavy atom. The summed E-state index contributed by atoms with van der Waals surface area (Å²) in [5.41, 5.74) is 7.62. The normalized spacial score (nSPS) is 20.8. The van der Waals surface area contributed by atoms with E-state index in [1.807, 2.05) is 18.2 Å². The third-order valence-electron chi connectivity index (χ3n) is 4.89. The molecule has 5 heteroatoms. The van der Waals surface area contributed by atoms with Crippen LogP contribution in [0.1, 0.15) is 37.4 Å². The molecular weight excluding hydrogens is 300 g/mol. The van der Waals surface area contributed by atoms with Gasteiger partial charge < -0.3 is 15.6 Å². The van der Waals surface area contributed by atoms with Crippen LogP contribution < -0.4 is 11.1 Å². The van der Waals surface area contributed by atoms with E-state index in [0.29, 0.717) is 19.0 Å². The number of amides is 1. The van der Waals surface area contributed by atoms with Gasteiger partial charge in [0.1, 0.15) is 5.82 Å². The van der Waals surface area contributed by atoms with Crippen molar-refractivity contribution in [1.82, 2.24) is 14.9 Å². The first-order valence-corrected chi connectivity index (χ1v) is 8.75. The molecule has 0 saturated heterocycles. The van der Waals surface area contributed by atoms with Gasteiger partial charge in [-0.2, -0.15) is 0 Å². The number of aromatic nitrogens is 2. The van der Waals surface area contributed by atoms with E-state index in [9.17, 15) is 4.79 Å². The molecule has 0 spiro atoms. The highest BCUT2D eigenvalue weighted by molar-refractivity contribution is 5.78. The van der Waals surface area contributed by atoms with Crippen LogP contribution >= 0.6 is 0 Å². The van der Waals surface area contributed by atoms with Crippen molar-refractivity contribution < 1.29 is 4.79 Å². The summed E-state index contributed by atoms with van der Waals surface area (Å²) in [6.07, 6.45) is 5.98. The predicted molar refractivity (Wildman–Crippen MR) is 95.4 cm³/mol. The number of hydrogen-bond donors (Lipinski definition) is 2. The van der Waals surface area contributed by atoms with Crippen molar-refractivity contribution in [2.24, 2.45) is 18.7 Å². The average Bonchev–Trinajstić information content (AvgIpc) is 3.02. The standard InChI is InChI=1S/C19H26N4O/c1-23-13-17(14-5-3-2-4-6-14)22-18(23)15-7-9-16(10-8-15)19(24)21-12-11-20/h2-6,13,15-16H,7-12,20H2,1H3,(H,21,24). The van der Waals surface area contributed by atoms with Gasteiger partial charge in [0.25, 0.3) is 0 Å². The van der Waals surface area contributed by atoms with Crippen molar-refractivity contribution >= 4 is 5.91 Å². The third kappa shape index (κ3) is 3.67. The van der Waals surface area contributed by atoms with Gasteiger partial charge in [-0.3, -0.25) is 4.79 Å². The lowest BCUT2D eigenvalue weighted by Gasteiger charge is -2.27. The maximum atomic E-state index is 12.1. The van der Waals surface area contributed by atoms with Gasteiger partial charge in [0.05, 0.1) is 5.69 Å². The van der Waals surface area contributed by atoms with Crippen LogP contribution in [0.5, 0.6) is 0 Å². The van der Waals surface area contributed by atoms with E-state index in [2.05, 4.69) is 35.3 Å². The van der Waals surface area contributed by atoms with Crippen LogP contribution in [-0.4, -0.2) is 28.5 Å². The van der Waals surface area contributed by atoms with E-state index in [1.165, 1.54) is 0 Å². The monoisotopic (exact) mass is 326 g/mol. The number of nitrogens with one attached hydrogen (secondary N) is 1. The second-order valence-electron chi connectivity index (χ2n) is 6.59. The lowest BCUT2D eigenvalue weighted by atomic mass is 9.81. The van der Waals surface area contributed by atoms with Crippen molar-refractivity contribution in [3.05, 3.63) is 42.4 Å². The molecule has 1 aliphatic rings. The van der Waals surface area contributed by atoms with Crippen LogP contribution in [0, 0.1) is 5.92 Å². The Hall–Kier alpha value is -2.14. The summed E-state index contributed by atoms with van der Waals surface area (Å²) in [6, 6.07) is 10.3. The molecule has 0 aliphatic heterocycles. The van der Waals surface area contributed by atoms with E-state index in [-0.39, 0.29) is 11.8 Å². The van der Waals surface area contributed by atoms with Crippen molar-refractivity contribution in [2.75, 3.05) is 13.1 Å². The molecule has 128 valence electrons. The zero-order valence-electron chi connectivity index (χ0n) is 14.2. The lowest BCUT2D eigenvalue weighted by Crippen LogP contribution is -2.36. The average molecular weight is 326 g/mol. The van der Waals surface area contributed by atoms with Gasteiger partial charge in [0.15, 0.2) is 0 Å². The highest BCUT2D eigenvalue weighted by Crippen LogP contribution is 2.36. The molecule has 0 atom stereocenters. The second-order valence-corrected chi connectivity index (χ2v) is 6.59. The van der Waals surface area contributed by atoms with Crippen LogP contribution in [0.4, 0.5) is 0 Å². The minimum Gasteiger partial charge on any atom is -0.355 e. The van der Waals surface area contributed by atoms with Gasteiger partial charge in [-0.15, -0.1) is 0 Å². The Morgan fingerprint density at radius 1 is 1.25 bits per heavy atom. The number of carbonyl (C=O) groups excluding carboxylic acids is 1. The van der Waals surface area contributed by atoms with E-state index in [0.717, 1.165) is 42.8 Å². The fourth-order valence-corrected chi connectivity index (χ4v) is 3.56. The number of benzene rings is 1. The largest absolute Gasteiger partial charge is 0.355 e. The van der Waals surface area contributed by atoms with Gasteiger partial charge in [0.2, 0.25) is 5.91 Å². The van der Waals surface area contributed by atoms with Crippen LogP contribution in [0.2, 0.25) is 0 Å². The first kappa shape index (κ1) is 16.7. The molecular formula is C19H26N4O. The van der Waals surface area contributed by atoms with Crippen molar-refractivity contribution in [3.8, 4) is 11.3 Å². The lowest BCUT2D eigenvalue weighted by molar-refractivity contribution is -0.125. The van der Waals surface area contributed by atoms with Gasteiger partial charge >= 0.3 is 0 Å². The van der Waals surface area contributed by atoms with Crippen LogP contribution in [0.25, 0.3) is 11.3 Å². The predicted octanol–water partition coefficient (Wildman–Crippen LogP) is 2.44. The Labute approximate surface area is 143 Å². The zero-order valence-corrected chi connectivity index (χ0v) is 14.2. The Balaban J connectivity index is 1.65. The first-order chi connectivity index (χ1) is 11.7. The molecule has 1 fully saturated rings. The molecule has 1 heterocycles. The van der Waals surface area contributed by atoms with E-state index in [1.54, 1.807) is 0 Å². The summed E-state index contributed by atoms with van der Waals surface area (Å²) in [5, 5.41) is 2.91. The molecule has 0 radical (unpaired) electrons. The minimum atomic E-state index is 0.127. The number of aryl methyl sites for hydroxylation is 1. The smallest absolute Gasteiger partial charge is 0.223 e. The molecule has 24 heavy (non-hydrogen) atoms. The Bertz CT molecular complexity index is 672. The first-order valence-electron chi connectivity index (χ1n) is 8.75. The maximum Gasteiger partial charge on any atom is 0.223 e.